The number of allylic oxidation sites excluding steroid dienone is 1. The summed E-state index contributed by atoms with van der Waals surface area (Å²) in [5.41, 5.74) is 1.44. The van der Waals surface area contributed by atoms with Crippen molar-refractivity contribution in [3.8, 4) is 0 Å². The Hall–Kier alpha value is -0.300. The second kappa shape index (κ2) is 4.51. The van der Waals surface area contributed by atoms with Gasteiger partial charge in [-0.05, 0) is 31.3 Å². The van der Waals surface area contributed by atoms with Crippen molar-refractivity contribution in [1.82, 2.24) is 0 Å². The van der Waals surface area contributed by atoms with Crippen LogP contribution in [-0.2, 0) is 4.74 Å². The first-order valence-corrected chi connectivity index (χ1v) is 3.98. The fraction of sp³-hybridized carbons (Fsp3) is 0.667. The summed E-state index contributed by atoms with van der Waals surface area (Å²) in [5.74, 6) is 0. The smallest absolute Gasteiger partial charge is 0.0705 e. The van der Waals surface area contributed by atoms with E-state index in [0.29, 0.717) is 0 Å². The van der Waals surface area contributed by atoms with Crippen LogP contribution in [0.4, 0.5) is 0 Å². The lowest BCUT2D eigenvalue weighted by Gasteiger charge is -2.01. The highest BCUT2D eigenvalue weighted by Crippen LogP contribution is 2.16. The van der Waals surface area contributed by atoms with Gasteiger partial charge in [0.1, 0.15) is 0 Å². The molecule has 57 valence electrons. The third-order valence-electron chi connectivity index (χ3n) is 1.92. The van der Waals surface area contributed by atoms with Crippen LogP contribution in [0.15, 0.2) is 11.6 Å². The molecule has 1 heteroatoms. The van der Waals surface area contributed by atoms with Gasteiger partial charge in [0.25, 0.3) is 0 Å². The molecule has 1 radical (unpaired) electrons. The first-order valence-electron chi connectivity index (χ1n) is 3.98. The molecule has 0 atom stereocenters. The Balaban J connectivity index is 2.31. The molecule has 0 spiro atoms. The maximum atomic E-state index is 4.82. The molecule has 0 fully saturated rings. The predicted molar refractivity (Wildman–Crippen MR) is 42.5 cm³/mol. The van der Waals surface area contributed by atoms with Gasteiger partial charge in [-0.15, -0.1) is 0 Å². The van der Waals surface area contributed by atoms with Gasteiger partial charge < -0.3 is 4.74 Å². The lowest BCUT2D eigenvalue weighted by molar-refractivity contribution is 0.268. The van der Waals surface area contributed by atoms with E-state index in [9.17, 15) is 0 Å². The summed E-state index contributed by atoms with van der Waals surface area (Å²) in [4.78, 5) is 0. The lowest BCUT2D eigenvalue weighted by Crippen LogP contribution is -1.91. The monoisotopic (exact) mass is 139 g/mol. The summed E-state index contributed by atoms with van der Waals surface area (Å²) < 4.78 is 4.82. The van der Waals surface area contributed by atoms with E-state index in [2.05, 4.69) is 13.2 Å². The van der Waals surface area contributed by atoms with Crippen molar-refractivity contribution in [2.24, 2.45) is 0 Å². The number of rotatable bonds is 2. The molecule has 0 heterocycles. The Labute approximate surface area is 63.1 Å². The van der Waals surface area contributed by atoms with Gasteiger partial charge in [0.2, 0.25) is 0 Å². The van der Waals surface area contributed by atoms with Gasteiger partial charge in [0.15, 0.2) is 0 Å². The molecule has 0 aliphatic heterocycles. The summed E-state index contributed by atoms with van der Waals surface area (Å²) >= 11 is 0. The Morgan fingerprint density at radius 1 is 1.40 bits per heavy atom. The molecule has 1 aliphatic rings. The fourth-order valence-corrected chi connectivity index (χ4v) is 1.34. The zero-order chi connectivity index (χ0) is 7.23. The van der Waals surface area contributed by atoms with Crippen molar-refractivity contribution in [3.05, 3.63) is 18.8 Å². The fourth-order valence-electron chi connectivity index (χ4n) is 1.34. The van der Waals surface area contributed by atoms with E-state index < -0.39 is 0 Å². The Morgan fingerprint density at radius 2 is 2.30 bits per heavy atom. The summed E-state index contributed by atoms with van der Waals surface area (Å²) in [6, 6.07) is 0. The van der Waals surface area contributed by atoms with Crippen molar-refractivity contribution in [3.63, 3.8) is 0 Å². The minimum atomic E-state index is 0.736. The molecule has 0 unspecified atom stereocenters. The zero-order valence-corrected chi connectivity index (χ0v) is 6.44. The molecular weight excluding hydrogens is 124 g/mol. The van der Waals surface area contributed by atoms with E-state index in [-0.39, 0.29) is 0 Å². The number of ether oxygens (including phenoxy) is 1. The molecule has 0 aromatic heterocycles. The Morgan fingerprint density at radius 3 is 3.10 bits per heavy atom. The first kappa shape index (κ1) is 7.80. The van der Waals surface area contributed by atoms with Crippen LogP contribution in [0.25, 0.3) is 0 Å². The SMILES string of the molecule is [CH2]OCC1=CCCCCC1. The quantitative estimate of drug-likeness (QED) is 0.534. The van der Waals surface area contributed by atoms with Crippen LogP contribution in [0, 0.1) is 7.11 Å². The van der Waals surface area contributed by atoms with Gasteiger partial charge in [-0.2, -0.15) is 0 Å². The van der Waals surface area contributed by atoms with Crippen molar-refractivity contribution < 1.29 is 4.74 Å². The molecule has 0 bridgehead atoms. The lowest BCUT2D eigenvalue weighted by atomic mass is 10.1. The molecular formula is C9H15O. The van der Waals surface area contributed by atoms with Gasteiger partial charge in [-0.3, -0.25) is 0 Å². The third-order valence-corrected chi connectivity index (χ3v) is 1.92. The second-order valence-electron chi connectivity index (χ2n) is 2.81. The molecule has 0 amide bonds. The highest BCUT2D eigenvalue weighted by Gasteiger charge is 2.00. The van der Waals surface area contributed by atoms with E-state index in [1.54, 1.807) is 0 Å². The van der Waals surface area contributed by atoms with Gasteiger partial charge in [-0.25, -0.2) is 0 Å². The van der Waals surface area contributed by atoms with Gasteiger partial charge in [0.05, 0.1) is 13.7 Å². The van der Waals surface area contributed by atoms with Crippen LogP contribution in [0.2, 0.25) is 0 Å². The van der Waals surface area contributed by atoms with E-state index in [1.165, 1.54) is 37.7 Å². The maximum absolute atomic E-state index is 4.82. The molecule has 1 aliphatic carbocycles. The molecule has 1 nitrogen and oxygen atoms in total. The van der Waals surface area contributed by atoms with Gasteiger partial charge in [0, 0.05) is 0 Å². The highest BCUT2D eigenvalue weighted by atomic mass is 16.5. The average molecular weight is 139 g/mol. The zero-order valence-electron chi connectivity index (χ0n) is 6.44. The standard InChI is InChI=1S/C9H15O/c1-10-8-9-6-4-2-3-5-7-9/h6H,1-5,7-8H2. The van der Waals surface area contributed by atoms with Crippen LogP contribution >= 0.6 is 0 Å². The molecule has 0 aromatic carbocycles. The molecule has 0 saturated heterocycles. The minimum Gasteiger partial charge on any atom is -0.375 e. The third kappa shape index (κ3) is 2.53. The molecule has 0 saturated carbocycles. The van der Waals surface area contributed by atoms with Crippen LogP contribution in [0.3, 0.4) is 0 Å². The van der Waals surface area contributed by atoms with Crippen molar-refractivity contribution in [2.75, 3.05) is 6.61 Å². The average Bonchev–Trinajstić information content (AvgIpc) is 2.17. The molecule has 1 rings (SSSR count). The highest BCUT2D eigenvalue weighted by molar-refractivity contribution is 5.03. The minimum absolute atomic E-state index is 0.736. The van der Waals surface area contributed by atoms with Crippen molar-refractivity contribution in [1.29, 1.82) is 0 Å². The predicted octanol–water partition coefficient (Wildman–Crippen LogP) is 2.69. The van der Waals surface area contributed by atoms with Crippen LogP contribution in [0.5, 0.6) is 0 Å². The van der Waals surface area contributed by atoms with E-state index in [1.807, 2.05) is 0 Å². The van der Waals surface area contributed by atoms with E-state index in [0.717, 1.165) is 6.61 Å². The maximum Gasteiger partial charge on any atom is 0.0705 e. The van der Waals surface area contributed by atoms with Crippen LogP contribution in [0.1, 0.15) is 32.1 Å². The van der Waals surface area contributed by atoms with Crippen LogP contribution in [-0.4, -0.2) is 6.61 Å². The van der Waals surface area contributed by atoms with Crippen molar-refractivity contribution >= 4 is 0 Å². The normalized spacial score (nSPS) is 19.9. The van der Waals surface area contributed by atoms with E-state index in [4.69, 9.17) is 4.74 Å². The number of hydrogen-bond acceptors (Lipinski definition) is 1. The summed E-state index contributed by atoms with van der Waals surface area (Å²) in [5, 5.41) is 0. The van der Waals surface area contributed by atoms with Crippen molar-refractivity contribution in [2.45, 2.75) is 32.1 Å². The Kier molecular flexibility index (Phi) is 3.52. The second-order valence-corrected chi connectivity index (χ2v) is 2.81. The summed E-state index contributed by atoms with van der Waals surface area (Å²) in [7, 11) is 3.37. The van der Waals surface area contributed by atoms with Crippen LogP contribution < -0.4 is 0 Å². The van der Waals surface area contributed by atoms with Gasteiger partial charge >= 0.3 is 0 Å². The van der Waals surface area contributed by atoms with E-state index >= 15 is 0 Å². The molecule has 10 heavy (non-hydrogen) atoms. The first-order chi connectivity index (χ1) is 4.93. The largest absolute Gasteiger partial charge is 0.375 e. The molecule has 0 N–H and O–H groups in total. The van der Waals surface area contributed by atoms with Gasteiger partial charge in [-0.1, -0.05) is 12.5 Å². The topological polar surface area (TPSA) is 9.23 Å². The summed E-state index contributed by atoms with van der Waals surface area (Å²) in [6.45, 7) is 0.736. The Bertz CT molecular complexity index is 116. The summed E-state index contributed by atoms with van der Waals surface area (Å²) in [6.07, 6.45) is 8.80. The number of hydrogen-bond donors (Lipinski definition) is 0. The molecule has 0 aromatic rings.